The number of hydrogen-bond donors (Lipinski definition) is 2. The first-order valence-corrected chi connectivity index (χ1v) is 14.4. The van der Waals surface area contributed by atoms with Crippen LogP contribution in [0.1, 0.15) is 44.7 Å². The van der Waals surface area contributed by atoms with Crippen molar-refractivity contribution in [1.29, 1.82) is 0 Å². The Hall–Kier alpha value is -4.22. The predicted octanol–water partition coefficient (Wildman–Crippen LogP) is 2.91. The van der Waals surface area contributed by atoms with Gasteiger partial charge in [0.25, 0.3) is 5.56 Å². The molecule has 1 saturated carbocycles. The number of pyridine rings is 2. The van der Waals surface area contributed by atoms with E-state index in [0.717, 1.165) is 23.1 Å². The smallest absolute Gasteiger partial charge is 0.311 e. The molecule has 0 bridgehead atoms. The van der Waals surface area contributed by atoms with Crippen LogP contribution < -0.4 is 21.3 Å². The van der Waals surface area contributed by atoms with Crippen molar-refractivity contribution < 1.29 is 14.3 Å². The summed E-state index contributed by atoms with van der Waals surface area (Å²) in [7, 11) is 3.66. The molecule has 4 heterocycles. The lowest BCUT2D eigenvalue weighted by atomic mass is 9.86. The first-order valence-electron chi connectivity index (χ1n) is 14.4. The molecule has 1 amide bonds. The molecule has 2 aliphatic rings. The lowest BCUT2D eigenvalue weighted by molar-refractivity contribution is -0.119. The van der Waals surface area contributed by atoms with E-state index in [1.807, 2.05) is 33.9 Å². The summed E-state index contributed by atoms with van der Waals surface area (Å²) in [6.07, 6.45) is 6.14. The molecular weight excluding hydrogens is 551 g/mol. The van der Waals surface area contributed by atoms with Gasteiger partial charge < -0.3 is 15.4 Å². The quantitative estimate of drug-likeness (QED) is 0.345. The summed E-state index contributed by atoms with van der Waals surface area (Å²) in [5, 5.41) is 15.1. The molecule has 1 saturated heterocycles. The minimum Gasteiger partial charge on any atom is -0.392 e. The largest absolute Gasteiger partial charge is 0.392 e. The lowest BCUT2D eigenvalue weighted by Crippen LogP contribution is -2.47. The highest BCUT2D eigenvalue weighted by atomic mass is 19.1. The fourth-order valence-electron chi connectivity index (χ4n) is 6.87. The summed E-state index contributed by atoms with van der Waals surface area (Å²) in [5.74, 6) is -1.04. The number of likely N-dealkylation sites (tertiary alicyclic amines) is 1. The van der Waals surface area contributed by atoms with Crippen LogP contribution in [0.5, 0.6) is 0 Å². The van der Waals surface area contributed by atoms with Crippen LogP contribution in [0.3, 0.4) is 0 Å². The van der Waals surface area contributed by atoms with Crippen molar-refractivity contribution in [3.8, 4) is 16.9 Å². The third-order valence-electron chi connectivity index (χ3n) is 9.45. The molecule has 2 unspecified atom stereocenters. The number of aryl methyl sites for hydroxylation is 1. The van der Waals surface area contributed by atoms with Gasteiger partial charge in [-0.3, -0.25) is 18.9 Å². The summed E-state index contributed by atoms with van der Waals surface area (Å²) in [6, 6.07) is 6.65. The number of carbonyl (C=O) groups is 1. The molecule has 2 fully saturated rings. The number of fused-ring (bicyclic) bond motifs is 1. The number of nitrogens with two attached hydrogens (primary N) is 1. The van der Waals surface area contributed by atoms with Gasteiger partial charge in [0.2, 0.25) is 5.91 Å². The first kappa shape index (κ1) is 28.9. The van der Waals surface area contributed by atoms with E-state index in [-0.39, 0.29) is 39.4 Å². The van der Waals surface area contributed by atoms with Crippen LogP contribution in [-0.2, 0) is 23.9 Å². The topological polar surface area (TPSA) is 133 Å². The number of nitrogens with zero attached hydrogens (tertiary/aromatic N) is 5. The minimum absolute atomic E-state index is 0.0735. The second-order valence-electron chi connectivity index (χ2n) is 13.4. The van der Waals surface area contributed by atoms with Crippen LogP contribution in [-0.4, -0.2) is 50.5 Å². The third-order valence-corrected chi connectivity index (χ3v) is 9.45. The zero-order chi connectivity index (χ0) is 31.1. The van der Waals surface area contributed by atoms with Crippen LogP contribution in [0.25, 0.3) is 27.7 Å². The van der Waals surface area contributed by atoms with Gasteiger partial charge in [0.1, 0.15) is 5.82 Å². The lowest BCUT2D eigenvalue weighted by Gasteiger charge is -2.29. The van der Waals surface area contributed by atoms with Crippen LogP contribution in [0.15, 0.2) is 52.4 Å². The molecule has 11 heteroatoms. The molecule has 1 aliphatic heterocycles. The molecule has 1 aromatic carbocycles. The van der Waals surface area contributed by atoms with Crippen molar-refractivity contribution >= 4 is 22.4 Å². The van der Waals surface area contributed by atoms with Crippen LogP contribution in [0.2, 0.25) is 0 Å². The van der Waals surface area contributed by atoms with Crippen molar-refractivity contribution in [2.45, 2.75) is 45.6 Å². The fourth-order valence-corrected chi connectivity index (χ4v) is 6.87. The molecule has 1 aliphatic carbocycles. The Kier molecular flexibility index (Phi) is 6.48. The molecule has 3 N–H and O–H groups in total. The zero-order valence-electron chi connectivity index (χ0n) is 25.0. The number of carbonyl (C=O) groups excluding carboxylic acids is 1. The number of aliphatic hydroxyl groups excluding tert-OH is 1. The average molecular weight is 588 g/mol. The summed E-state index contributed by atoms with van der Waals surface area (Å²) in [4.78, 5) is 43.3. The van der Waals surface area contributed by atoms with E-state index < -0.39 is 18.0 Å². The van der Waals surface area contributed by atoms with E-state index in [4.69, 9.17) is 5.73 Å². The van der Waals surface area contributed by atoms with Crippen molar-refractivity contribution in [2.24, 2.45) is 24.1 Å². The molecule has 6 rings (SSSR count). The summed E-state index contributed by atoms with van der Waals surface area (Å²) in [5.41, 5.74) is 7.08. The van der Waals surface area contributed by atoms with Gasteiger partial charge in [-0.25, -0.2) is 9.37 Å². The maximum absolute atomic E-state index is 15.3. The summed E-state index contributed by atoms with van der Waals surface area (Å²) < 4.78 is 18.2. The SMILES string of the molecule is Cn1cc(-c2ccnc(-n3ncc4cc(C(C)(C)C)cc(F)c4c3=O)c2CO)cc([N+]2(C)CC[C@@]3(CC3C(N)=O)C2)c1=O. The molecule has 3 aromatic heterocycles. The van der Waals surface area contributed by atoms with Crippen molar-refractivity contribution in [3.63, 3.8) is 0 Å². The summed E-state index contributed by atoms with van der Waals surface area (Å²) >= 11 is 0. The molecule has 1 spiro atoms. The van der Waals surface area contributed by atoms with Crippen LogP contribution in [0.4, 0.5) is 10.1 Å². The molecular formula is C32H36FN6O4+. The Morgan fingerprint density at radius 3 is 2.63 bits per heavy atom. The number of amides is 1. The van der Waals surface area contributed by atoms with Gasteiger partial charge in [-0.1, -0.05) is 20.8 Å². The highest BCUT2D eigenvalue weighted by Crippen LogP contribution is 2.60. The van der Waals surface area contributed by atoms with E-state index in [2.05, 4.69) is 10.1 Å². The van der Waals surface area contributed by atoms with Gasteiger partial charge >= 0.3 is 5.56 Å². The van der Waals surface area contributed by atoms with E-state index in [9.17, 15) is 19.5 Å². The van der Waals surface area contributed by atoms with E-state index in [1.165, 1.54) is 23.0 Å². The average Bonchev–Trinajstić information content (AvgIpc) is 3.55. The standard InChI is InChI=1S/C32H35FN6O4/c1-31(2,3)20-10-18-14-36-38(30(43)26(18)24(33)12-20)28-22(16-40)21(6-8-35-28)19-11-25(29(42)37(4)15-19)39(5)9-7-32(17-39)13-23(32)27(34)41/h6,8,10-12,14-15,23,40H,7,9,13,16-17H2,1-5H3,(H-,34,41)/p+1/t23?,32-,39?/m1/s1. The highest BCUT2D eigenvalue weighted by Gasteiger charge is 2.65. The third kappa shape index (κ3) is 4.58. The Balaban J connectivity index is 1.47. The molecule has 43 heavy (non-hydrogen) atoms. The van der Waals surface area contributed by atoms with Crippen molar-refractivity contribution in [3.05, 3.63) is 80.5 Å². The first-order chi connectivity index (χ1) is 20.2. The number of aromatic nitrogens is 4. The molecule has 3 atom stereocenters. The van der Waals surface area contributed by atoms with Crippen molar-refractivity contribution in [2.75, 3.05) is 20.1 Å². The monoisotopic (exact) mass is 587 g/mol. The number of benzene rings is 1. The Morgan fingerprint density at radius 2 is 1.98 bits per heavy atom. The Morgan fingerprint density at radius 1 is 1.23 bits per heavy atom. The number of aliphatic hydroxyl groups is 1. The Bertz CT molecular complexity index is 1940. The minimum atomic E-state index is -0.690. The van der Waals surface area contributed by atoms with E-state index >= 15 is 4.39 Å². The number of hydrogen-bond acceptors (Lipinski definition) is 6. The maximum Gasteiger partial charge on any atom is 0.311 e. The normalized spacial score (nSPS) is 23.3. The number of halogens is 1. The fraction of sp³-hybridized carbons (Fsp3) is 0.406. The predicted molar refractivity (Wildman–Crippen MR) is 162 cm³/mol. The van der Waals surface area contributed by atoms with Crippen LogP contribution >= 0.6 is 0 Å². The van der Waals surface area contributed by atoms with Gasteiger partial charge in [-0.05, 0) is 41.2 Å². The second kappa shape index (κ2) is 9.65. The molecule has 10 nitrogen and oxygen atoms in total. The summed E-state index contributed by atoms with van der Waals surface area (Å²) in [6.45, 7) is 6.73. The van der Waals surface area contributed by atoms with Crippen molar-refractivity contribution in [1.82, 2.24) is 23.8 Å². The molecule has 0 radical (unpaired) electrons. The van der Waals surface area contributed by atoms with Gasteiger partial charge in [-0.15, -0.1) is 0 Å². The highest BCUT2D eigenvalue weighted by molar-refractivity contribution is 5.83. The van der Waals surface area contributed by atoms with Crippen LogP contribution in [0, 0.1) is 17.2 Å². The number of quaternary nitrogens is 1. The number of primary amides is 1. The maximum atomic E-state index is 15.3. The van der Waals surface area contributed by atoms with Gasteiger partial charge in [0.05, 0.1) is 38.3 Å². The van der Waals surface area contributed by atoms with Gasteiger partial charge in [0, 0.05) is 59.8 Å². The molecule has 224 valence electrons. The van der Waals surface area contributed by atoms with E-state index in [1.54, 1.807) is 25.4 Å². The second-order valence-corrected chi connectivity index (χ2v) is 13.4. The molecule has 4 aromatic rings. The number of rotatable bonds is 5. The van der Waals surface area contributed by atoms with Gasteiger partial charge in [0.15, 0.2) is 11.5 Å². The zero-order valence-corrected chi connectivity index (χ0v) is 25.0. The van der Waals surface area contributed by atoms with Gasteiger partial charge in [-0.2, -0.15) is 9.78 Å². The van der Waals surface area contributed by atoms with E-state index in [0.29, 0.717) is 45.3 Å². The Labute approximate surface area is 247 Å².